The van der Waals surface area contributed by atoms with Gasteiger partial charge in [-0.1, -0.05) is 5.21 Å². The molecule has 0 N–H and O–H groups in total. The fourth-order valence-electron chi connectivity index (χ4n) is 1.22. The first-order valence-corrected chi connectivity index (χ1v) is 4.22. The van der Waals surface area contributed by atoms with Crippen LogP contribution in [0.5, 0.6) is 0 Å². The standard InChI is InChI=1S/C9H5F4N3/c10-8-2-1-6(16-4-3-14-15-16)5-7(8)9(11,12)13/h1-5H. The van der Waals surface area contributed by atoms with Crippen molar-refractivity contribution in [2.24, 2.45) is 0 Å². The second kappa shape index (κ2) is 3.58. The SMILES string of the molecule is Fc1ccc(-n2ccnn2)cc1C(F)(F)F. The third-order valence-electron chi connectivity index (χ3n) is 1.94. The molecule has 84 valence electrons. The molecule has 0 aliphatic rings. The zero-order valence-electron chi connectivity index (χ0n) is 7.74. The Hall–Kier alpha value is -1.92. The Morgan fingerprint density at radius 1 is 1.19 bits per heavy atom. The zero-order chi connectivity index (χ0) is 11.8. The third kappa shape index (κ3) is 1.88. The summed E-state index contributed by atoms with van der Waals surface area (Å²) in [5.74, 6) is -1.31. The lowest BCUT2D eigenvalue weighted by Gasteiger charge is -2.09. The highest BCUT2D eigenvalue weighted by atomic mass is 19.4. The fourth-order valence-corrected chi connectivity index (χ4v) is 1.22. The fraction of sp³-hybridized carbons (Fsp3) is 0.111. The number of rotatable bonds is 1. The molecule has 0 radical (unpaired) electrons. The highest BCUT2D eigenvalue weighted by Gasteiger charge is 2.34. The first-order chi connectivity index (χ1) is 7.48. The van der Waals surface area contributed by atoms with Crippen LogP contribution in [0.4, 0.5) is 17.6 Å². The summed E-state index contributed by atoms with van der Waals surface area (Å²) in [5, 5.41) is 6.97. The van der Waals surface area contributed by atoms with Crippen LogP contribution in [-0.4, -0.2) is 15.0 Å². The van der Waals surface area contributed by atoms with Crippen LogP contribution in [0.1, 0.15) is 5.56 Å². The van der Waals surface area contributed by atoms with Gasteiger partial charge in [0.05, 0.1) is 23.6 Å². The molecule has 3 nitrogen and oxygen atoms in total. The molecule has 1 aromatic heterocycles. The topological polar surface area (TPSA) is 30.7 Å². The van der Waals surface area contributed by atoms with Crippen LogP contribution in [0.25, 0.3) is 5.69 Å². The second-order valence-corrected chi connectivity index (χ2v) is 3.01. The van der Waals surface area contributed by atoms with E-state index in [0.29, 0.717) is 6.07 Å². The van der Waals surface area contributed by atoms with Crippen molar-refractivity contribution < 1.29 is 17.6 Å². The van der Waals surface area contributed by atoms with Gasteiger partial charge in [-0.25, -0.2) is 9.07 Å². The van der Waals surface area contributed by atoms with E-state index in [1.807, 2.05) is 0 Å². The Kier molecular flexibility index (Phi) is 2.37. The molecule has 0 atom stereocenters. The third-order valence-corrected chi connectivity index (χ3v) is 1.94. The van der Waals surface area contributed by atoms with Crippen LogP contribution in [-0.2, 0) is 6.18 Å². The predicted molar refractivity (Wildman–Crippen MR) is 46.3 cm³/mol. The zero-order valence-corrected chi connectivity index (χ0v) is 7.74. The number of hydrogen-bond donors (Lipinski definition) is 0. The Labute approximate surface area is 87.3 Å². The van der Waals surface area contributed by atoms with Crippen LogP contribution in [0.15, 0.2) is 30.6 Å². The van der Waals surface area contributed by atoms with Gasteiger partial charge in [-0.3, -0.25) is 0 Å². The molecular weight excluding hydrogens is 226 g/mol. The molecule has 0 saturated heterocycles. The summed E-state index contributed by atoms with van der Waals surface area (Å²) in [5.41, 5.74) is -1.22. The number of aromatic nitrogens is 3. The molecule has 0 spiro atoms. The molecule has 0 fully saturated rings. The highest BCUT2D eigenvalue weighted by molar-refractivity contribution is 5.36. The van der Waals surface area contributed by atoms with E-state index in [9.17, 15) is 17.6 Å². The van der Waals surface area contributed by atoms with Gasteiger partial charge in [0.1, 0.15) is 5.82 Å². The molecule has 7 heteroatoms. The van der Waals surface area contributed by atoms with Gasteiger partial charge in [-0.05, 0) is 18.2 Å². The summed E-state index contributed by atoms with van der Waals surface area (Å²) in [4.78, 5) is 0. The van der Waals surface area contributed by atoms with Gasteiger partial charge in [0, 0.05) is 0 Å². The molecule has 0 aliphatic heterocycles. The summed E-state index contributed by atoms with van der Waals surface area (Å²) in [6.07, 6.45) is -2.04. The Bertz CT molecular complexity index is 490. The van der Waals surface area contributed by atoms with E-state index in [1.165, 1.54) is 18.5 Å². The molecule has 0 bridgehead atoms. The monoisotopic (exact) mass is 231 g/mol. The van der Waals surface area contributed by atoms with E-state index in [-0.39, 0.29) is 5.69 Å². The molecule has 0 unspecified atom stereocenters. The van der Waals surface area contributed by atoms with Gasteiger partial charge in [0.2, 0.25) is 0 Å². The smallest absolute Gasteiger partial charge is 0.221 e. The second-order valence-electron chi connectivity index (χ2n) is 3.01. The number of benzene rings is 1. The maximum Gasteiger partial charge on any atom is 0.419 e. The molecule has 1 aromatic carbocycles. The minimum atomic E-state index is -4.72. The molecule has 0 aliphatic carbocycles. The largest absolute Gasteiger partial charge is 0.419 e. The lowest BCUT2D eigenvalue weighted by Crippen LogP contribution is -2.09. The molecule has 1 heterocycles. The summed E-state index contributed by atoms with van der Waals surface area (Å²) in [7, 11) is 0. The maximum atomic E-state index is 12.9. The van der Waals surface area contributed by atoms with Crippen LogP contribution in [0.2, 0.25) is 0 Å². The summed E-state index contributed by atoms with van der Waals surface area (Å²) in [6, 6.07) is 2.63. The lowest BCUT2D eigenvalue weighted by atomic mass is 10.2. The van der Waals surface area contributed by atoms with E-state index in [0.717, 1.165) is 10.7 Å². The van der Waals surface area contributed by atoms with Crippen molar-refractivity contribution in [3.8, 4) is 5.69 Å². The van der Waals surface area contributed by atoms with E-state index in [2.05, 4.69) is 10.3 Å². The van der Waals surface area contributed by atoms with Crippen molar-refractivity contribution in [1.82, 2.24) is 15.0 Å². The van der Waals surface area contributed by atoms with Gasteiger partial charge in [-0.15, -0.1) is 5.10 Å². The maximum absolute atomic E-state index is 12.9. The normalized spacial score (nSPS) is 11.8. The van der Waals surface area contributed by atoms with Crippen molar-refractivity contribution in [1.29, 1.82) is 0 Å². The summed E-state index contributed by atoms with van der Waals surface area (Å²) in [6.45, 7) is 0. The Morgan fingerprint density at radius 3 is 2.50 bits per heavy atom. The first kappa shape index (κ1) is 10.6. The van der Waals surface area contributed by atoms with Crippen molar-refractivity contribution in [3.05, 3.63) is 42.0 Å². The predicted octanol–water partition coefficient (Wildman–Crippen LogP) is 2.43. The Morgan fingerprint density at radius 2 is 1.94 bits per heavy atom. The number of halogens is 4. The average molecular weight is 231 g/mol. The number of alkyl halides is 3. The quantitative estimate of drug-likeness (QED) is 0.705. The van der Waals surface area contributed by atoms with E-state index in [1.54, 1.807) is 0 Å². The van der Waals surface area contributed by atoms with Crippen LogP contribution in [0.3, 0.4) is 0 Å². The number of nitrogens with zero attached hydrogens (tertiary/aromatic N) is 3. The highest BCUT2D eigenvalue weighted by Crippen LogP contribution is 2.32. The first-order valence-electron chi connectivity index (χ1n) is 4.22. The van der Waals surface area contributed by atoms with Crippen LogP contribution < -0.4 is 0 Å². The van der Waals surface area contributed by atoms with Crippen molar-refractivity contribution in [2.45, 2.75) is 6.18 Å². The lowest BCUT2D eigenvalue weighted by molar-refractivity contribution is -0.140. The van der Waals surface area contributed by atoms with Gasteiger partial charge < -0.3 is 0 Å². The molecule has 0 amide bonds. The molecule has 0 saturated carbocycles. The van der Waals surface area contributed by atoms with Gasteiger partial charge in [-0.2, -0.15) is 13.2 Å². The van der Waals surface area contributed by atoms with Crippen molar-refractivity contribution in [2.75, 3.05) is 0 Å². The van der Waals surface area contributed by atoms with Gasteiger partial charge in [0.15, 0.2) is 0 Å². The molecule has 16 heavy (non-hydrogen) atoms. The molecule has 2 aromatic rings. The summed E-state index contributed by atoms with van der Waals surface area (Å²) < 4.78 is 51.2. The summed E-state index contributed by atoms with van der Waals surface area (Å²) >= 11 is 0. The minimum Gasteiger partial charge on any atom is -0.221 e. The Balaban J connectivity index is 2.52. The van der Waals surface area contributed by atoms with E-state index < -0.39 is 17.6 Å². The minimum absolute atomic E-state index is 0.103. The van der Waals surface area contributed by atoms with Crippen molar-refractivity contribution >= 4 is 0 Å². The molecular formula is C9H5F4N3. The van der Waals surface area contributed by atoms with Gasteiger partial charge >= 0.3 is 6.18 Å². The van der Waals surface area contributed by atoms with E-state index in [4.69, 9.17) is 0 Å². The van der Waals surface area contributed by atoms with Gasteiger partial charge in [0.25, 0.3) is 0 Å². The van der Waals surface area contributed by atoms with E-state index >= 15 is 0 Å². The van der Waals surface area contributed by atoms with Crippen molar-refractivity contribution in [3.63, 3.8) is 0 Å². The average Bonchev–Trinajstić information content (AvgIpc) is 2.69. The van der Waals surface area contributed by atoms with Crippen LogP contribution >= 0.6 is 0 Å². The van der Waals surface area contributed by atoms with Crippen LogP contribution in [0, 0.1) is 5.82 Å². The molecule has 2 rings (SSSR count). The number of hydrogen-bond acceptors (Lipinski definition) is 2.